The molecule has 1 aromatic carbocycles. The van der Waals surface area contributed by atoms with Gasteiger partial charge in [-0.05, 0) is 31.0 Å². The van der Waals surface area contributed by atoms with Crippen molar-refractivity contribution in [3.8, 4) is 5.75 Å². The summed E-state index contributed by atoms with van der Waals surface area (Å²) in [6.45, 7) is 1.93. The average molecular weight is 213 g/mol. The van der Waals surface area contributed by atoms with Gasteiger partial charge >= 0.3 is 0 Å². The second-order valence-electron chi connectivity index (χ2n) is 3.50. The first-order valence-electron chi connectivity index (χ1n) is 4.79. The molecule has 0 aliphatic heterocycles. The Morgan fingerprint density at radius 3 is 2.73 bits per heavy atom. The van der Waals surface area contributed by atoms with E-state index in [2.05, 4.69) is 4.74 Å². The lowest BCUT2D eigenvalue weighted by atomic mass is 10.1. The molecule has 0 bridgehead atoms. The molecule has 0 saturated carbocycles. The van der Waals surface area contributed by atoms with Gasteiger partial charge in [-0.3, -0.25) is 0 Å². The number of hydrogen-bond donors (Lipinski definition) is 1. The third kappa shape index (κ3) is 3.85. The molecule has 1 atom stereocenters. The van der Waals surface area contributed by atoms with E-state index in [-0.39, 0.29) is 24.4 Å². The van der Waals surface area contributed by atoms with Crippen molar-refractivity contribution in [2.24, 2.45) is 5.73 Å². The molecule has 0 spiro atoms. The molecule has 0 amide bonds. The number of hydrogen-bond acceptors (Lipinski definition) is 3. The zero-order chi connectivity index (χ0) is 11.3. The summed E-state index contributed by atoms with van der Waals surface area (Å²) in [5.74, 6) is -0.185. The summed E-state index contributed by atoms with van der Waals surface area (Å²) in [6.07, 6.45) is 0.654. The fourth-order valence-corrected chi connectivity index (χ4v) is 1.28. The van der Waals surface area contributed by atoms with Gasteiger partial charge in [-0.15, -0.1) is 0 Å². The van der Waals surface area contributed by atoms with Crippen LogP contribution in [-0.4, -0.2) is 19.9 Å². The first-order chi connectivity index (χ1) is 7.13. The van der Waals surface area contributed by atoms with E-state index in [0.29, 0.717) is 6.42 Å². The third-order valence-corrected chi connectivity index (χ3v) is 1.89. The lowest BCUT2D eigenvalue weighted by Gasteiger charge is -2.09. The molecule has 2 N–H and O–H groups in total. The number of nitrogens with two attached hydrogens (primary N) is 1. The van der Waals surface area contributed by atoms with Crippen LogP contribution in [0.25, 0.3) is 0 Å². The largest absolute Gasteiger partial charge is 0.464 e. The van der Waals surface area contributed by atoms with Gasteiger partial charge in [0.15, 0.2) is 18.4 Å². The number of methoxy groups -OCH3 is 1. The highest BCUT2D eigenvalue weighted by molar-refractivity contribution is 5.29. The van der Waals surface area contributed by atoms with Gasteiger partial charge < -0.3 is 15.2 Å². The van der Waals surface area contributed by atoms with Crippen LogP contribution in [0.1, 0.15) is 12.5 Å². The van der Waals surface area contributed by atoms with Crippen molar-refractivity contribution in [1.29, 1.82) is 0 Å². The molecule has 0 aromatic heterocycles. The van der Waals surface area contributed by atoms with Gasteiger partial charge in [-0.2, -0.15) is 0 Å². The Morgan fingerprint density at radius 2 is 2.20 bits per heavy atom. The zero-order valence-corrected chi connectivity index (χ0v) is 9.00. The van der Waals surface area contributed by atoms with E-state index in [1.165, 1.54) is 13.2 Å². The van der Waals surface area contributed by atoms with E-state index in [0.717, 1.165) is 5.56 Å². The van der Waals surface area contributed by atoms with E-state index in [1.807, 2.05) is 6.92 Å². The van der Waals surface area contributed by atoms with Crippen molar-refractivity contribution >= 4 is 0 Å². The predicted octanol–water partition coefficient (Wildman–Crippen LogP) is 1.70. The highest BCUT2D eigenvalue weighted by Gasteiger charge is 2.05. The fraction of sp³-hybridized carbons (Fsp3) is 0.455. The maximum absolute atomic E-state index is 13.4. The summed E-state index contributed by atoms with van der Waals surface area (Å²) in [4.78, 5) is 0. The molecule has 3 nitrogen and oxygen atoms in total. The molecule has 0 heterocycles. The lowest BCUT2D eigenvalue weighted by molar-refractivity contribution is 0.0483. The third-order valence-electron chi connectivity index (χ3n) is 1.89. The molecular weight excluding hydrogens is 197 g/mol. The van der Waals surface area contributed by atoms with Crippen molar-refractivity contribution in [3.63, 3.8) is 0 Å². The summed E-state index contributed by atoms with van der Waals surface area (Å²) < 4.78 is 23.1. The van der Waals surface area contributed by atoms with E-state index in [9.17, 15) is 4.39 Å². The van der Waals surface area contributed by atoms with Crippen LogP contribution in [0.5, 0.6) is 5.75 Å². The smallest absolute Gasteiger partial charge is 0.188 e. The molecule has 0 radical (unpaired) electrons. The monoisotopic (exact) mass is 213 g/mol. The van der Waals surface area contributed by atoms with Gasteiger partial charge in [0.05, 0.1) is 0 Å². The van der Waals surface area contributed by atoms with Crippen LogP contribution in [0, 0.1) is 5.82 Å². The first-order valence-corrected chi connectivity index (χ1v) is 4.79. The number of halogens is 1. The first kappa shape index (κ1) is 11.9. The second kappa shape index (κ2) is 5.68. The molecule has 84 valence electrons. The lowest BCUT2D eigenvalue weighted by Crippen LogP contribution is -2.17. The SMILES string of the molecule is COCOc1ccc(CC(C)N)cc1F. The Labute approximate surface area is 89.0 Å². The van der Waals surface area contributed by atoms with Crippen LogP contribution < -0.4 is 10.5 Å². The highest BCUT2D eigenvalue weighted by atomic mass is 19.1. The summed E-state index contributed by atoms with van der Waals surface area (Å²) in [5.41, 5.74) is 6.49. The van der Waals surface area contributed by atoms with Crippen molar-refractivity contribution < 1.29 is 13.9 Å². The van der Waals surface area contributed by atoms with Crippen molar-refractivity contribution in [1.82, 2.24) is 0 Å². The van der Waals surface area contributed by atoms with Crippen LogP contribution in [0.2, 0.25) is 0 Å². The molecule has 0 aliphatic rings. The van der Waals surface area contributed by atoms with Gasteiger partial charge in [-0.1, -0.05) is 6.07 Å². The van der Waals surface area contributed by atoms with Gasteiger partial charge in [0.1, 0.15) is 0 Å². The Kier molecular flexibility index (Phi) is 4.52. The van der Waals surface area contributed by atoms with E-state index in [1.54, 1.807) is 12.1 Å². The second-order valence-corrected chi connectivity index (χ2v) is 3.50. The Balaban J connectivity index is 2.69. The maximum atomic E-state index is 13.4. The number of benzene rings is 1. The summed E-state index contributed by atoms with van der Waals surface area (Å²) in [6, 6.07) is 4.85. The minimum atomic E-state index is -0.384. The van der Waals surface area contributed by atoms with Gasteiger partial charge in [0, 0.05) is 13.2 Å². The Bertz CT molecular complexity index is 315. The summed E-state index contributed by atoms with van der Waals surface area (Å²) >= 11 is 0. The average Bonchev–Trinajstić information content (AvgIpc) is 2.15. The quantitative estimate of drug-likeness (QED) is 0.757. The van der Waals surface area contributed by atoms with E-state index in [4.69, 9.17) is 10.5 Å². The van der Waals surface area contributed by atoms with Gasteiger partial charge in [-0.25, -0.2) is 4.39 Å². The fourth-order valence-electron chi connectivity index (χ4n) is 1.28. The van der Waals surface area contributed by atoms with Crippen molar-refractivity contribution in [2.45, 2.75) is 19.4 Å². The Hall–Kier alpha value is -1.13. The topological polar surface area (TPSA) is 44.5 Å². The molecule has 1 unspecified atom stereocenters. The molecule has 0 fully saturated rings. The van der Waals surface area contributed by atoms with E-state index < -0.39 is 0 Å². The zero-order valence-electron chi connectivity index (χ0n) is 9.00. The molecule has 1 rings (SSSR count). The van der Waals surface area contributed by atoms with Crippen LogP contribution in [0.15, 0.2) is 18.2 Å². The molecule has 0 aliphatic carbocycles. The van der Waals surface area contributed by atoms with Crippen LogP contribution in [0.4, 0.5) is 4.39 Å². The molecule has 1 aromatic rings. The minimum absolute atomic E-state index is 0.0233. The van der Waals surface area contributed by atoms with Crippen LogP contribution >= 0.6 is 0 Å². The molecule has 4 heteroatoms. The number of rotatable bonds is 5. The predicted molar refractivity (Wildman–Crippen MR) is 56.3 cm³/mol. The normalized spacial score (nSPS) is 12.5. The standard InChI is InChI=1S/C11H16FNO2/c1-8(13)5-9-3-4-11(10(12)6-9)15-7-14-2/h3-4,6,8H,5,7,13H2,1-2H3. The summed E-state index contributed by atoms with van der Waals surface area (Å²) in [5, 5.41) is 0. The van der Waals surface area contributed by atoms with E-state index >= 15 is 0 Å². The highest BCUT2D eigenvalue weighted by Crippen LogP contribution is 2.18. The maximum Gasteiger partial charge on any atom is 0.188 e. The van der Waals surface area contributed by atoms with Crippen LogP contribution in [0.3, 0.4) is 0 Å². The molecule has 0 saturated heterocycles. The van der Waals surface area contributed by atoms with Gasteiger partial charge in [0.2, 0.25) is 0 Å². The summed E-state index contributed by atoms with van der Waals surface area (Å²) in [7, 11) is 1.49. The Morgan fingerprint density at radius 1 is 1.47 bits per heavy atom. The molecule has 15 heavy (non-hydrogen) atoms. The van der Waals surface area contributed by atoms with Gasteiger partial charge in [0.25, 0.3) is 0 Å². The van der Waals surface area contributed by atoms with Crippen molar-refractivity contribution in [2.75, 3.05) is 13.9 Å². The molecular formula is C11H16FNO2. The minimum Gasteiger partial charge on any atom is -0.464 e. The van der Waals surface area contributed by atoms with Crippen LogP contribution in [-0.2, 0) is 11.2 Å². The number of ether oxygens (including phenoxy) is 2. The van der Waals surface area contributed by atoms with Crippen molar-refractivity contribution in [3.05, 3.63) is 29.6 Å².